The fraction of sp³-hybridized carbons (Fsp3) is 0.455. The van der Waals surface area contributed by atoms with Crippen molar-refractivity contribution in [2.24, 2.45) is 5.92 Å². The molecule has 2 aliphatic rings. The quantitative estimate of drug-likeness (QED) is 0.434. The molecule has 3 N–H and O–H groups in total. The lowest BCUT2D eigenvalue weighted by Gasteiger charge is -2.32. The Morgan fingerprint density at radius 1 is 1.09 bits per heavy atom. The van der Waals surface area contributed by atoms with E-state index in [1.807, 2.05) is 45.0 Å². The number of H-pyrrole nitrogens is 1. The third-order valence-electron chi connectivity index (χ3n) is 8.63. The number of nitrogens with one attached hydrogen (secondary N) is 3. The van der Waals surface area contributed by atoms with Gasteiger partial charge in [0.1, 0.15) is 11.9 Å². The molecule has 3 aromatic rings. The molecular formula is C33H40FN5O4. The highest BCUT2D eigenvalue weighted by atomic mass is 19.1. The minimum Gasteiger partial charge on any atom is -0.358 e. The molecule has 3 heterocycles. The van der Waals surface area contributed by atoms with Gasteiger partial charge in [-0.25, -0.2) is 4.39 Å². The topological polar surface area (TPSA) is 115 Å². The number of amides is 4. The predicted octanol–water partition coefficient (Wildman–Crippen LogP) is 3.49. The molecule has 1 aromatic heterocycles. The smallest absolute Gasteiger partial charge is 0.257 e. The number of aromatic nitrogens is 1. The molecule has 2 bridgehead atoms. The second-order valence-corrected chi connectivity index (χ2v) is 12.0. The average molecular weight is 590 g/mol. The van der Waals surface area contributed by atoms with Crippen LogP contribution in [-0.2, 0) is 27.2 Å². The third-order valence-corrected chi connectivity index (χ3v) is 8.63. The van der Waals surface area contributed by atoms with Crippen LogP contribution in [0.1, 0.15) is 60.3 Å². The van der Waals surface area contributed by atoms with Crippen molar-refractivity contribution in [1.82, 2.24) is 25.4 Å². The van der Waals surface area contributed by atoms with Crippen LogP contribution in [0.4, 0.5) is 4.39 Å². The standard InChI is InChI=1S/C33H40FN5O4/c1-20(2)28-18-38(31(41)17-24-21(3)36-27-10-5-4-9-23(24)27)19-30(40)35-14-6-8-22-12-13-26(34)25(16-22)33(43)39-15-7-11-29(39)32(42)37-28/h4-5,9-10,12-13,16,20,28-29,36H,6-8,11,14-15,17-19H2,1-3H3,(H,35,40)(H,37,42)/t28-,29-/m0/s1. The summed E-state index contributed by atoms with van der Waals surface area (Å²) in [6.45, 7) is 6.53. The van der Waals surface area contributed by atoms with Crippen molar-refractivity contribution < 1.29 is 23.6 Å². The summed E-state index contributed by atoms with van der Waals surface area (Å²) in [5.74, 6) is -2.04. The van der Waals surface area contributed by atoms with Crippen LogP contribution in [-0.4, -0.2) is 76.7 Å². The Bertz CT molecular complexity index is 1530. The predicted molar refractivity (Wildman–Crippen MR) is 162 cm³/mol. The fourth-order valence-corrected chi connectivity index (χ4v) is 6.10. The lowest BCUT2D eigenvalue weighted by molar-refractivity contribution is -0.136. The van der Waals surface area contributed by atoms with E-state index >= 15 is 0 Å². The number of hydrogen-bond donors (Lipinski definition) is 3. The Kier molecular flexibility index (Phi) is 9.13. The summed E-state index contributed by atoms with van der Waals surface area (Å²) in [7, 11) is 0. The molecule has 1 fully saturated rings. The van der Waals surface area contributed by atoms with E-state index in [0.29, 0.717) is 38.8 Å². The summed E-state index contributed by atoms with van der Waals surface area (Å²) >= 11 is 0. The molecule has 0 aliphatic carbocycles. The average Bonchev–Trinajstić information content (AvgIpc) is 3.59. The van der Waals surface area contributed by atoms with Gasteiger partial charge in [0.15, 0.2) is 0 Å². The molecule has 0 saturated carbocycles. The molecule has 2 aliphatic heterocycles. The van der Waals surface area contributed by atoms with Gasteiger partial charge in [0.05, 0.1) is 18.5 Å². The van der Waals surface area contributed by atoms with Gasteiger partial charge in [0, 0.05) is 42.3 Å². The molecule has 0 unspecified atom stereocenters. The maximum Gasteiger partial charge on any atom is 0.257 e. The number of fused-ring (bicyclic) bond motifs is 4. The Balaban J connectivity index is 1.43. The molecule has 10 heteroatoms. The van der Waals surface area contributed by atoms with Crippen LogP contribution in [0.2, 0.25) is 0 Å². The second kappa shape index (κ2) is 13.0. The highest BCUT2D eigenvalue weighted by Gasteiger charge is 2.37. The van der Waals surface area contributed by atoms with Crippen molar-refractivity contribution in [2.75, 3.05) is 26.2 Å². The number of nitrogens with zero attached hydrogens (tertiary/aromatic N) is 2. The Morgan fingerprint density at radius 2 is 1.88 bits per heavy atom. The van der Waals surface area contributed by atoms with E-state index < -0.39 is 23.8 Å². The van der Waals surface area contributed by atoms with Crippen LogP contribution in [0.25, 0.3) is 10.9 Å². The Morgan fingerprint density at radius 3 is 2.67 bits per heavy atom. The van der Waals surface area contributed by atoms with E-state index in [4.69, 9.17) is 0 Å². The van der Waals surface area contributed by atoms with Gasteiger partial charge in [-0.1, -0.05) is 38.1 Å². The van der Waals surface area contributed by atoms with E-state index in [0.717, 1.165) is 27.7 Å². The Hall–Kier alpha value is -4.21. The van der Waals surface area contributed by atoms with Crippen LogP contribution in [0.15, 0.2) is 42.5 Å². The van der Waals surface area contributed by atoms with Gasteiger partial charge in [0.2, 0.25) is 17.7 Å². The number of halogens is 1. The number of aromatic amines is 1. The van der Waals surface area contributed by atoms with E-state index in [-0.39, 0.29) is 48.7 Å². The van der Waals surface area contributed by atoms with Crippen molar-refractivity contribution >= 4 is 34.5 Å². The lowest BCUT2D eigenvalue weighted by atomic mass is 10.0. The maximum absolute atomic E-state index is 14.8. The van der Waals surface area contributed by atoms with Crippen LogP contribution in [0.5, 0.6) is 0 Å². The van der Waals surface area contributed by atoms with Crippen LogP contribution >= 0.6 is 0 Å². The molecule has 43 heavy (non-hydrogen) atoms. The monoisotopic (exact) mass is 589 g/mol. The van der Waals surface area contributed by atoms with Crippen molar-refractivity contribution in [3.63, 3.8) is 0 Å². The maximum atomic E-state index is 14.8. The summed E-state index contributed by atoms with van der Waals surface area (Å²) in [6.07, 6.45) is 2.31. The molecule has 5 rings (SSSR count). The summed E-state index contributed by atoms with van der Waals surface area (Å²) in [6, 6.07) is 11.1. The lowest BCUT2D eigenvalue weighted by Crippen LogP contribution is -2.55. The summed E-state index contributed by atoms with van der Waals surface area (Å²) in [5.41, 5.74) is 3.44. The number of aryl methyl sites for hydroxylation is 2. The van der Waals surface area contributed by atoms with Gasteiger partial charge >= 0.3 is 0 Å². The zero-order chi connectivity index (χ0) is 30.7. The van der Waals surface area contributed by atoms with Gasteiger partial charge < -0.3 is 25.4 Å². The molecule has 0 spiro atoms. The largest absolute Gasteiger partial charge is 0.358 e. The Labute approximate surface area is 251 Å². The number of hydrogen-bond acceptors (Lipinski definition) is 4. The minimum absolute atomic E-state index is 0.0460. The first-order valence-electron chi connectivity index (χ1n) is 15.1. The van der Waals surface area contributed by atoms with E-state index in [2.05, 4.69) is 15.6 Å². The van der Waals surface area contributed by atoms with Crippen LogP contribution in [0, 0.1) is 18.7 Å². The molecule has 9 nitrogen and oxygen atoms in total. The summed E-state index contributed by atoms with van der Waals surface area (Å²) in [5, 5.41) is 6.93. The van der Waals surface area contributed by atoms with Crippen molar-refractivity contribution in [3.05, 3.63) is 70.7 Å². The molecule has 4 amide bonds. The highest BCUT2D eigenvalue weighted by molar-refractivity contribution is 5.98. The SMILES string of the molecule is Cc1[nH]c2ccccc2c1CC(=O)N1CC(=O)NCCCc2ccc(F)c(c2)C(=O)N2CCC[C@H]2C(=O)N[C@H](C(C)C)C1. The normalized spacial score (nSPS) is 20.6. The first-order chi connectivity index (χ1) is 20.6. The third kappa shape index (κ3) is 6.73. The molecule has 1 saturated heterocycles. The zero-order valence-electron chi connectivity index (χ0n) is 25.0. The van der Waals surface area contributed by atoms with Gasteiger partial charge in [-0.3, -0.25) is 19.2 Å². The molecular weight excluding hydrogens is 549 g/mol. The molecule has 2 atom stereocenters. The van der Waals surface area contributed by atoms with Gasteiger partial charge in [0.25, 0.3) is 5.91 Å². The van der Waals surface area contributed by atoms with E-state index in [1.165, 1.54) is 15.9 Å². The second-order valence-electron chi connectivity index (χ2n) is 12.0. The zero-order valence-corrected chi connectivity index (χ0v) is 25.0. The van der Waals surface area contributed by atoms with E-state index in [9.17, 15) is 23.6 Å². The number of benzene rings is 2. The number of rotatable bonds is 3. The van der Waals surface area contributed by atoms with Gasteiger partial charge in [-0.2, -0.15) is 0 Å². The molecule has 228 valence electrons. The van der Waals surface area contributed by atoms with E-state index in [1.54, 1.807) is 12.1 Å². The number of para-hydroxylation sites is 1. The summed E-state index contributed by atoms with van der Waals surface area (Å²) < 4.78 is 14.8. The fourth-order valence-electron chi connectivity index (χ4n) is 6.10. The van der Waals surface area contributed by atoms with Gasteiger partial charge in [-0.05, 0) is 67.9 Å². The number of carbonyl (C=O) groups excluding carboxylic acids is 4. The first kappa shape index (κ1) is 30.3. The van der Waals surface area contributed by atoms with Gasteiger partial charge in [-0.15, -0.1) is 0 Å². The van der Waals surface area contributed by atoms with Crippen LogP contribution < -0.4 is 10.6 Å². The van der Waals surface area contributed by atoms with Crippen molar-refractivity contribution in [3.8, 4) is 0 Å². The van der Waals surface area contributed by atoms with Crippen molar-refractivity contribution in [2.45, 2.75) is 65.0 Å². The molecule has 2 aromatic carbocycles. The summed E-state index contributed by atoms with van der Waals surface area (Å²) in [4.78, 5) is 60.3. The first-order valence-corrected chi connectivity index (χ1v) is 15.1. The minimum atomic E-state index is -0.742. The highest BCUT2D eigenvalue weighted by Crippen LogP contribution is 2.25. The van der Waals surface area contributed by atoms with Crippen LogP contribution in [0.3, 0.4) is 0 Å². The number of carbonyl (C=O) groups is 4. The molecule has 0 radical (unpaired) electrons. The van der Waals surface area contributed by atoms with Crippen molar-refractivity contribution in [1.29, 1.82) is 0 Å².